The quantitative estimate of drug-likeness (QED) is 0.422. The van der Waals surface area contributed by atoms with Crippen LogP contribution in [0.3, 0.4) is 0 Å². The molecule has 0 aromatic heterocycles. The zero-order valence-electron chi connectivity index (χ0n) is 15.8. The van der Waals surface area contributed by atoms with Gasteiger partial charge in [-0.3, -0.25) is 10.2 Å². The summed E-state index contributed by atoms with van der Waals surface area (Å²) in [6, 6.07) is 10.5. The van der Waals surface area contributed by atoms with E-state index in [2.05, 4.69) is 18.1 Å². The van der Waals surface area contributed by atoms with Crippen LogP contribution in [0.25, 0.3) is 0 Å². The summed E-state index contributed by atoms with van der Waals surface area (Å²) in [6.07, 6.45) is 0.133. The first-order valence-corrected chi connectivity index (χ1v) is 12.7. The average molecular weight is 490 g/mol. The Morgan fingerprint density at radius 1 is 1.03 bits per heavy atom. The summed E-state index contributed by atoms with van der Waals surface area (Å²) in [5, 5.41) is -0.00113. The van der Waals surface area contributed by atoms with Crippen molar-refractivity contribution in [2.24, 2.45) is 0 Å². The van der Waals surface area contributed by atoms with Gasteiger partial charge in [0.2, 0.25) is 10.0 Å². The number of benzene rings is 2. The van der Waals surface area contributed by atoms with E-state index >= 15 is 0 Å². The molecule has 0 bridgehead atoms. The van der Waals surface area contributed by atoms with Crippen LogP contribution in [0.2, 0.25) is 5.02 Å². The topological polar surface area (TPSA) is 113 Å². The highest BCUT2D eigenvalue weighted by Crippen LogP contribution is 2.29. The summed E-state index contributed by atoms with van der Waals surface area (Å²) in [5.74, 6) is -0.792. The number of amides is 1. The summed E-state index contributed by atoms with van der Waals surface area (Å²) in [4.78, 5) is 14.6. The van der Waals surface area contributed by atoms with Gasteiger partial charge < -0.3 is 0 Å². The highest BCUT2D eigenvalue weighted by Gasteiger charge is 2.43. The van der Waals surface area contributed by atoms with Crippen molar-refractivity contribution in [3.8, 4) is 0 Å². The van der Waals surface area contributed by atoms with Crippen LogP contribution in [0, 0.1) is 6.92 Å². The SMILES string of the molecule is Cc1ccc(S(=O)(=O)NNC(=O)[C@@H]2C[C@@H](S)CN2S(=O)(=O)c2ccc(Cl)cc2)cc1. The van der Waals surface area contributed by atoms with Gasteiger partial charge in [0.25, 0.3) is 15.9 Å². The van der Waals surface area contributed by atoms with Gasteiger partial charge in [-0.05, 0) is 49.7 Å². The van der Waals surface area contributed by atoms with Crippen molar-refractivity contribution in [2.75, 3.05) is 6.54 Å². The lowest BCUT2D eigenvalue weighted by molar-refractivity contribution is -0.124. The number of hydrogen-bond acceptors (Lipinski definition) is 6. The molecule has 162 valence electrons. The van der Waals surface area contributed by atoms with E-state index in [9.17, 15) is 21.6 Å². The lowest BCUT2D eigenvalue weighted by atomic mass is 10.2. The number of nitrogens with zero attached hydrogens (tertiary/aromatic N) is 1. The first-order valence-electron chi connectivity index (χ1n) is 8.84. The number of halogens is 1. The van der Waals surface area contributed by atoms with Crippen LogP contribution in [0.5, 0.6) is 0 Å². The second-order valence-electron chi connectivity index (χ2n) is 6.84. The van der Waals surface area contributed by atoms with E-state index in [-0.39, 0.29) is 28.0 Å². The fourth-order valence-electron chi connectivity index (χ4n) is 3.01. The van der Waals surface area contributed by atoms with Crippen molar-refractivity contribution in [3.63, 3.8) is 0 Å². The smallest absolute Gasteiger partial charge is 0.257 e. The third-order valence-corrected chi connectivity index (χ3v) is 8.37. The highest BCUT2D eigenvalue weighted by atomic mass is 35.5. The molecule has 1 fully saturated rings. The van der Waals surface area contributed by atoms with Crippen LogP contribution in [0.1, 0.15) is 12.0 Å². The third kappa shape index (κ3) is 4.98. The molecular weight excluding hydrogens is 470 g/mol. The third-order valence-electron chi connectivity index (χ3n) is 4.60. The second kappa shape index (κ2) is 8.85. The molecule has 0 aliphatic carbocycles. The maximum atomic E-state index is 13.0. The van der Waals surface area contributed by atoms with Crippen molar-refractivity contribution >= 4 is 50.2 Å². The number of aryl methyl sites for hydroxylation is 1. The molecule has 8 nitrogen and oxygen atoms in total. The number of hydrogen-bond donors (Lipinski definition) is 3. The van der Waals surface area contributed by atoms with Gasteiger partial charge in [-0.2, -0.15) is 16.9 Å². The molecule has 2 N–H and O–H groups in total. The van der Waals surface area contributed by atoms with E-state index in [4.69, 9.17) is 11.6 Å². The van der Waals surface area contributed by atoms with Crippen molar-refractivity contribution in [1.82, 2.24) is 14.6 Å². The first-order chi connectivity index (χ1) is 14.0. The second-order valence-corrected chi connectivity index (χ2v) is 11.6. The number of carbonyl (C=O) groups is 1. The molecule has 1 saturated heterocycles. The van der Waals surface area contributed by atoms with Crippen LogP contribution >= 0.6 is 24.2 Å². The van der Waals surface area contributed by atoms with E-state index in [1.807, 2.05) is 11.8 Å². The highest BCUT2D eigenvalue weighted by molar-refractivity contribution is 7.89. The van der Waals surface area contributed by atoms with Gasteiger partial charge in [0.15, 0.2) is 0 Å². The van der Waals surface area contributed by atoms with Crippen molar-refractivity contribution in [1.29, 1.82) is 0 Å². The monoisotopic (exact) mass is 489 g/mol. The Morgan fingerprint density at radius 3 is 2.20 bits per heavy atom. The Morgan fingerprint density at radius 2 is 1.60 bits per heavy atom. The standard InChI is InChI=1S/C18H20ClN3O5S3/c1-12-2-6-15(7-3-12)29(24,25)21-20-18(23)17-10-14(28)11-22(17)30(26,27)16-8-4-13(19)5-9-16/h2-9,14,17,21,28H,10-11H2,1H3,(H,20,23)/t14-,17+/m1/s1. The Hall–Kier alpha value is -1.63. The molecule has 0 unspecified atom stereocenters. The van der Waals surface area contributed by atoms with Gasteiger partial charge in [-0.15, -0.1) is 4.83 Å². The van der Waals surface area contributed by atoms with E-state index in [0.29, 0.717) is 5.02 Å². The molecule has 1 aliphatic rings. The molecule has 2 atom stereocenters. The minimum absolute atomic E-state index is 0.0108. The Bertz CT molecular complexity index is 1140. The maximum Gasteiger partial charge on any atom is 0.257 e. The molecule has 1 amide bonds. The van der Waals surface area contributed by atoms with Gasteiger partial charge >= 0.3 is 0 Å². The number of sulfonamides is 2. The summed E-state index contributed by atoms with van der Waals surface area (Å²) in [7, 11) is -8.01. The number of rotatable bonds is 6. The molecule has 2 aromatic carbocycles. The minimum Gasteiger partial charge on any atom is -0.276 e. The summed E-state index contributed by atoms with van der Waals surface area (Å²) in [5.41, 5.74) is 3.00. The largest absolute Gasteiger partial charge is 0.276 e. The zero-order valence-corrected chi connectivity index (χ0v) is 19.1. The van der Waals surface area contributed by atoms with Crippen LogP contribution in [0.15, 0.2) is 58.3 Å². The van der Waals surface area contributed by atoms with Gasteiger partial charge in [-0.1, -0.05) is 29.3 Å². The molecule has 12 heteroatoms. The minimum atomic E-state index is -4.01. The molecular formula is C18H20ClN3O5S3. The van der Waals surface area contributed by atoms with Gasteiger partial charge in [0.1, 0.15) is 6.04 Å². The van der Waals surface area contributed by atoms with E-state index in [1.54, 1.807) is 12.1 Å². The molecule has 3 rings (SSSR count). The van der Waals surface area contributed by atoms with Crippen molar-refractivity contribution < 1.29 is 21.6 Å². The molecule has 0 radical (unpaired) electrons. The van der Waals surface area contributed by atoms with Crippen molar-refractivity contribution in [3.05, 3.63) is 59.1 Å². The van der Waals surface area contributed by atoms with Crippen LogP contribution in [-0.4, -0.2) is 44.9 Å². The molecule has 30 heavy (non-hydrogen) atoms. The summed E-state index contributed by atoms with van der Waals surface area (Å²) >= 11 is 10.1. The van der Waals surface area contributed by atoms with E-state index in [1.165, 1.54) is 36.4 Å². The normalized spacial score (nSPS) is 20.2. The number of thiol groups is 1. The summed E-state index contributed by atoms with van der Waals surface area (Å²) in [6.45, 7) is 1.83. The molecule has 0 spiro atoms. The molecule has 2 aromatic rings. The maximum absolute atomic E-state index is 13.0. The van der Waals surface area contributed by atoms with E-state index in [0.717, 1.165) is 9.87 Å². The average Bonchev–Trinajstić information content (AvgIpc) is 3.09. The van der Waals surface area contributed by atoms with Crippen LogP contribution in [-0.2, 0) is 24.8 Å². The number of carbonyl (C=O) groups excluding carboxylic acids is 1. The van der Waals surface area contributed by atoms with Crippen LogP contribution in [0.4, 0.5) is 0 Å². The molecule has 1 heterocycles. The zero-order chi connectivity index (χ0) is 22.1. The van der Waals surface area contributed by atoms with Crippen LogP contribution < -0.4 is 10.3 Å². The molecule has 1 aliphatic heterocycles. The summed E-state index contributed by atoms with van der Waals surface area (Å²) < 4.78 is 51.7. The predicted molar refractivity (Wildman–Crippen MR) is 116 cm³/mol. The fraction of sp³-hybridized carbons (Fsp3) is 0.278. The fourth-order valence-corrected chi connectivity index (χ4v) is 6.11. The lowest BCUT2D eigenvalue weighted by Gasteiger charge is -2.23. The lowest BCUT2D eigenvalue weighted by Crippen LogP contribution is -2.51. The Balaban J connectivity index is 1.77. The Labute approximate surface area is 186 Å². The Kier molecular flexibility index (Phi) is 6.80. The molecule has 0 saturated carbocycles. The predicted octanol–water partition coefficient (Wildman–Crippen LogP) is 1.72. The number of hydrazine groups is 1. The van der Waals surface area contributed by atoms with Gasteiger partial charge in [-0.25, -0.2) is 16.8 Å². The first kappa shape index (κ1) is 23.0. The van der Waals surface area contributed by atoms with Gasteiger partial charge in [0, 0.05) is 16.8 Å². The van der Waals surface area contributed by atoms with Gasteiger partial charge in [0.05, 0.1) is 9.79 Å². The van der Waals surface area contributed by atoms with Crippen molar-refractivity contribution in [2.45, 2.75) is 34.4 Å². The van der Waals surface area contributed by atoms with E-state index < -0.39 is 32.0 Å². The number of nitrogens with one attached hydrogen (secondary N) is 2.